The Morgan fingerprint density at radius 1 is 0.862 bits per heavy atom. The normalized spacial score (nSPS) is 13.6. The van der Waals surface area contributed by atoms with Crippen LogP contribution in [0.2, 0.25) is 0 Å². The molecule has 29 heavy (non-hydrogen) atoms. The van der Waals surface area contributed by atoms with Crippen molar-refractivity contribution >= 4 is 23.3 Å². The number of hydrogen-bond donors (Lipinski definition) is 1. The molecule has 1 aliphatic heterocycles. The summed E-state index contributed by atoms with van der Waals surface area (Å²) in [4.78, 5) is 27.2. The number of piperidine rings is 1. The summed E-state index contributed by atoms with van der Waals surface area (Å²) in [7, 11) is 4.40. The Kier molecular flexibility index (Phi) is 6.59. The van der Waals surface area contributed by atoms with Gasteiger partial charge < -0.3 is 24.4 Å². The molecular formula is C22H26N2O5. The number of anilines is 2. The number of benzene rings is 2. The average Bonchev–Trinajstić information content (AvgIpc) is 2.78. The maximum atomic E-state index is 13.0. The quantitative estimate of drug-likeness (QED) is 0.747. The third kappa shape index (κ3) is 4.80. The Balaban J connectivity index is 1.95. The van der Waals surface area contributed by atoms with Gasteiger partial charge in [0.25, 0.3) is 5.91 Å². The molecule has 7 nitrogen and oxygen atoms in total. The van der Waals surface area contributed by atoms with Gasteiger partial charge in [-0.1, -0.05) is 0 Å². The van der Waals surface area contributed by atoms with E-state index in [1.54, 1.807) is 30.3 Å². The summed E-state index contributed by atoms with van der Waals surface area (Å²) in [5.41, 5.74) is 2.24. The molecule has 0 bridgehead atoms. The van der Waals surface area contributed by atoms with Crippen LogP contribution < -0.4 is 19.7 Å². The first-order chi connectivity index (χ1) is 14.0. The molecule has 1 aliphatic rings. The minimum absolute atomic E-state index is 0.317. The van der Waals surface area contributed by atoms with Crippen LogP contribution in [0, 0.1) is 0 Å². The Labute approximate surface area is 170 Å². The molecule has 1 heterocycles. The van der Waals surface area contributed by atoms with Gasteiger partial charge in [-0.2, -0.15) is 0 Å². The largest absolute Gasteiger partial charge is 0.497 e. The fourth-order valence-corrected chi connectivity index (χ4v) is 3.42. The second-order valence-electron chi connectivity index (χ2n) is 6.83. The summed E-state index contributed by atoms with van der Waals surface area (Å²) < 4.78 is 15.3. The molecule has 1 fully saturated rings. The van der Waals surface area contributed by atoms with E-state index in [1.807, 2.05) is 6.07 Å². The number of nitrogens with zero attached hydrogens (tertiary/aromatic N) is 1. The number of esters is 1. The number of methoxy groups -OCH3 is 3. The fourth-order valence-electron chi connectivity index (χ4n) is 3.42. The van der Waals surface area contributed by atoms with Crippen LogP contribution in [-0.2, 0) is 4.74 Å². The van der Waals surface area contributed by atoms with Crippen LogP contribution in [0.4, 0.5) is 11.4 Å². The van der Waals surface area contributed by atoms with E-state index in [-0.39, 0.29) is 5.91 Å². The Bertz CT molecular complexity index is 869. The number of nitrogens with one attached hydrogen (secondary N) is 1. The molecule has 0 unspecified atom stereocenters. The van der Waals surface area contributed by atoms with Gasteiger partial charge in [-0.15, -0.1) is 0 Å². The predicted molar refractivity (Wildman–Crippen MR) is 111 cm³/mol. The molecule has 0 aliphatic carbocycles. The van der Waals surface area contributed by atoms with Gasteiger partial charge in [0, 0.05) is 24.7 Å². The lowest BCUT2D eigenvalue weighted by Crippen LogP contribution is -2.30. The summed E-state index contributed by atoms with van der Waals surface area (Å²) >= 11 is 0. The maximum absolute atomic E-state index is 13.0. The van der Waals surface area contributed by atoms with Crippen LogP contribution >= 0.6 is 0 Å². The zero-order valence-corrected chi connectivity index (χ0v) is 17.0. The van der Waals surface area contributed by atoms with Gasteiger partial charge >= 0.3 is 5.97 Å². The van der Waals surface area contributed by atoms with Crippen molar-refractivity contribution in [2.24, 2.45) is 0 Å². The molecule has 3 rings (SSSR count). The average molecular weight is 398 g/mol. The summed E-state index contributed by atoms with van der Waals surface area (Å²) in [5, 5.41) is 2.95. The zero-order chi connectivity index (χ0) is 20.8. The third-order valence-corrected chi connectivity index (χ3v) is 4.98. The van der Waals surface area contributed by atoms with Gasteiger partial charge in [-0.25, -0.2) is 4.79 Å². The minimum atomic E-state index is -0.450. The van der Waals surface area contributed by atoms with Crippen molar-refractivity contribution in [1.29, 1.82) is 0 Å². The minimum Gasteiger partial charge on any atom is -0.497 e. The van der Waals surface area contributed by atoms with E-state index in [0.717, 1.165) is 31.6 Å². The van der Waals surface area contributed by atoms with Crippen molar-refractivity contribution in [3.8, 4) is 11.5 Å². The van der Waals surface area contributed by atoms with Crippen molar-refractivity contribution in [2.75, 3.05) is 44.6 Å². The highest BCUT2D eigenvalue weighted by molar-refractivity contribution is 6.07. The second-order valence-corrected chi connectivity index (χ2v) is 6.83. The van der Waals surface area contributed by atoms with E-state index in [2.05, 4.69) is 10.2 Å². The molecule has 2 aromatic rings. The first-order valence-corrected chi connectivity index (χ1v) is 9.57. The molecule has 0 saturated carbocycles. The van der Waals surface area contributed by atoms with E-state index in [9.17, 15) is 9.59 Å². The van der Waals surface area contributed by atoms with Crippen LogP contribution in [0.5, 0.6) is 11.5 Å². The fraction of sp³-hybridized carbons (Fsp3) is 0.364. The van der Waals surface area contributed by atoms with Gasteiger partial charge in [0.05, 0.1) is 38.3 Å². The number of rotatable bonds is 6. The van der Waals surface area contributed by atoms with Gasteiger partial charge in [-0.05, 0) is 49.6 Å². The molecule has 0 spiro atoms. The van der Waals surface area contributed by atoms with Crippen LogP contribution in [0.15, 0.2) is 36.4 Å². The monoisotopic (exact) mass is 398 g/mol. The Morgan fingerprint density at radius 2 is 1.52 bits per heavy atom. The van der Waals surface area contributed by atoms with Crippen molar-refractivity contribution in [3.05, 3.63) is 47.5 Å². The predicted octanol–water partition coefficient (Wildman–Crippen LogP) is 3.73. The zero-order valence-electron chi connectivity index (χ0n) is 17.0. The lowest BCUT2D eigenvalue weighted by Gasteiger charge is -2.30. The smallest absolute Gasteiger partial charge is 0.337 e. The van der Waals surface area contributed by atoms with E-state index in [0.29, 0.717) is 28.3 Å². The van der Waals surface area contributed by atoms with Crippen LogP contribution in [-0.4, -0.2) is 46.3 Å². The summed E-state index contributed by atoms with van der Waals surface area (Å²) in [5.74, 6) is 0.277. The van der Waals surface area contributed by atoms with Crippen LogP contribution in [0.3, 0.4) is 0 Å². The molecule has 0 atom stereocenters. The van der Waals surface area contributed by atoms with Crippen molar-refractivity contribution in [2.45, 2.75) is 19.3 Å². The van der Waals surface area contributed by atoms with Crippen molar-refractivity contribution < 1.29 is 23.8 Å². The number of hydrogen-bond acceptors (Lipinski definition) is 6. The molecule has 0 radical (unpaired) electrons. The maximum Gasteiger partial charge on any atom is 0.337 e. The van der Waals surface area contributed by atoms with E-state index in [1.165, 1.54) is 27.8 Å². The number of carbonyl (C=O) groups excluding carboxylic acids is 2. The SMILES string of the molecule is COC(=O)c1ccc(N2CCCCC2)c(NC(=O)c2cc(OC)cc(OC)c2)c1. The van der Waals surface area contributed by atoms with Crippen molar-refractivity contribution in [3.63, 3.8) is 0 Å². The number of ether oxygens (including phenoxy) is 3. The molecule has 2 aromatic carbocycles. The molecule has 0 aromatic heterocycles. The molecule has 1 N–H and O–H groups in total. The summed E-state index contributed by atoms with van der Waals surface area (Å²) in [6, 6.07) is 10.2. The van der Waals surface area contributed by atoms with Gasteiger partial charge in [0.15, 0.2) is 0 Å². The summed E-state index contributed by atoms with van der Waals surface area (Å²) in [6.07, 6.45) is 3.39. The topological polar surface area (TPSA) is 77.1 Å². The van der Waals surface area contributed by atoms with E-state index >= 15 is 0 Å². The third-order valence-electron chi connectivity index (χ3n) is 4.98. The molecule has 1 saturated heterocycles. The van der Waals surface area contributed by atoms with Crippen LogP contribution in [0.1, 0.15) is 40.0 Å². The second kappa shape index (κ2) is 9.32. The standard InChI is InChI=1S/C22H26N2O5/c1-27-17-11-16(12-18(14-17)28-2)21(25)23-19-13-15(22(26)29-3)7-8-20(19)24-9-5-4-6-10-24/h7-8,11-14H,4-6,9-10H2,1-3H3,(H,23,25). The molecule has 7 heteroatoms. The first kappa shape index (κ1) is 20.5. The first-order valence-electron chi connectivity index (χ1n) is 9.57. The lowest BCUT2D eigenvalue weighted by molar-refractivity contribution is 0.0600. The highest BCUT2D eigenvalue weighted by Crippen LogP contribution is 2.31. The number of amides is 1. The molecule has 154 valence electrons. The Morgan fingerprint density at radius 3 is 2.10 bits per heavy atom. The lowest BCUT2D eigenvalue weighted by atomic mass is 10.1. The van der Waals surface area contributed by atoms with Crippen molar-refractivity contribution in [1.82, 2.24) is 0 Å². The van der Waals surface area contributed by atoms with Gasteiger partial charge in [0.1, 0.15) is 11.5 Å². The molecular weight excluding hydrogens is 372 g/mol. The Hall–Kier alpha value is -3.22. The van der Waals surface area contributed by atoms with Gasteiger partial charge in [0.2, 0.25) is 0 Å². The van der Waals surface area contributed by atoms with E-state index in [4.69, 9.17) is 14.2 Å². The van der Waals surface area contributed by atoms with Gasteiger partial charge in [-0.3, -0.25) is 4.79 Å². The highest BCUT2D eigenvalue weighted by atomic mass is 16.5. The van der Waals surface area contributed by atoms with E-state index < -0.39 is 5.97 Å². The van der Waals surface area contributed by atoms with Crippen LogP contribution in [0.25, 0.3) is 0 Å². The molecule has 1 amide bonds. The number of carbonyl (C=O) groups is 2. The highest BCUT2D eigenvalue weighted by Gasteiger charge is 2.19. The summed E-state index contributed by atoms with van der Waals surface area (Å²) in [6.45, 7) is 1.82.